The Balaban J connectivity index is 2.15. The zero-order chi connectivity index (χ0) is 10.9. The first-order chi connectivity index (χ1) is 7.29. The van der Waals surface area contributed by atoms with E-state index in [0.29, 0.717) is 6.42 Å². The van der Waals surface area contributed by atoms with Gasteiger partial charge < -0.3 is 0 Å². The molecule has 0 fully saturated rings. The maximum absolute atomic E-state index is 10.0. The summed E-state index contributed by atoms with van der Waals surface area (Å²) in [5, 5.41) is 10.0. The summed E-state index contributed by atoms with van der Waals surface area (Å²) in [6.45, 7) is 0.0825. The average Bonchev–Trinajstić information content (AvgIpc) is 2.24. The quantitative estimate of drug-likeness (QED) is 0.406. The second-order valence-corrected chi connectivity index (χ2v) is 3.37. The van der Waals surface area contributed by atoms with Gasteiger partial charge in [-0.15, -0.1) is 0 Å². The Kier molecular flexibility index (Phi) is 5.15. The highest BCUT2D eigenvalue weighted by Crippen LogP contribution is 2.04. The van der Waals surface area contributed by atoms with Gasteiger partial charge in [-0.25, -0.2) is 0 Å². The third-order valence-electron chi connectivity index (χ3n) is 2.07. The van der Waals surface area contributed by atoms with Crippen molar-refractivity contribution >= 4 is 6.08 Å². The minimum Gasteiger partial charge on any atom is -0.265 e. The van der Waals surface area contributed by atoms with Crippen LogP contribution < -0.4 is 0 Å². The van der Waals surface area contributed by atoms with Crippen LogP contribution in [0.25, 0.3) is 6.08 Å². The summed E-state index contributed by atoms with van der Waals surface area (Å²) >= 11 is 0. The van der Waals surface area contributed by atoms with Gasteiger partial charge in [0.25, 0.3) is 0 Å². The summed E-state index contributed by atoms with van der Waals surface area (Å²) in [4.78, 5) is 9.78. The Hall–Kier alpha value is -1.64. The van der Waals surface area contributed by atoms with E-state index in [0.717, 1.165) is 12.8 Å². The summed E-state index contributed by atoms with van der Waals surface area (Å²) in [6, 6.07) is 10.0. The normalized spacial score (nSPS) is 10.7. The van der Waals surface area contributed by atoms with Gasteiger partial charge in [-0.3, -0.25) is 10.1 Å². The van der Waals surface area contributed by atoms with E-state index in [1.165, 1.54) is 5.56 Å². The van der Waals surface area contributed by atoms with Gasteiger partial charge in [0.1, 0.15) is 0 Å². The topological polar surface area (TPSA) is 43.1 Å². The van der Waals surface area contributed by atoms with E-state index >= 15 is 0 Å². The molecule has 0 bridgehead atoms. The second kappa shape index (κ2) is 6.76. The molecule has 0 radical (unpaired) electrons. The average molecular weight is 205 g/mol. The molecule has 0 aromatic heterocycles. The summed E-state index contributed by atoms with van der Waals surface area (Å²) < 4.78 is 0. The summed E-state index contributed by atoms with van der Waals surface area (Å²) in [5.74, 6) is 0. The van der Waals surface area contributed by atoms with Gasteiger partial charge in [0.15, 0.2) is 0 Å². The maximum atomic E-state index is 10.0. The van der Waals surface area contributed by atoms with E-state index in [-0.39, 0.29) is 11.5 Å². The number of unbranched alkanes of at least 4 members (excludes halogenated alkanes) is 2. The largest absolute Gasteiger partial charge is 0.265 e. The molecule has 0 saturated carbocycles. The third-order valence-corrected chi connectivity index (χ3v) is 2.07. The van der Waals surface area contributed by atoms with E-state index in [2.05, 4.69) is 6.08 Å². The molecule has 80 valence electrons. The number of allylic oxidation sites excluding steroid dienone is 1. The zero-order valence-corrected chi connectivity index (χ0v) is 8.63. The van der Waals surface area contributed by atoms with Crippen LogP contribution in [0.1, 0.15) is 24.8 Å². The van der Waals surface area contributed by atoms with Gasteiger partial charge in [0.2, 0.25) is 6.54 Å². The van der Waals surface area contributed by atoms with Crippen LogP contribution in [0.5, 0.6) is 0 Å². The number of hydrogen-bond acceptors (Lipinski definition) is 2. The lowest BCUT2D eigenvalue weighted by Gasteiger charge is -1.93. The van der Waals surface area contributed by atoms with Gasteiger partial charge in [-0.2, -0.15) is 0 Å². The molecule has 1 aromatic carbocycles. The van der Waals surface area contributed by atoms with Crippen LogP contribution in [0.15, 0.2) is 36.4 Å². The van der Waals surface area contributed by atoms with Crippen molar-refractivity contribution in [3.63, 3.8) is 0 Å². The van der Waals surface area contributed by atoms with E-state index in [1.807, 2.05) is 36.4 Å². The summed E-state index contributed by atoms with van der Waals surface area (Å²) in [6.07, 6.45) is 6.56. The van der Waals surface area contributed by atoms with Gasteiger partial charge >= 0.3 is 0 Å². The maximum Gasteiger partial charge on any atom is 0.203 e. The summed E-state index contributed by atoms with van der Waals surface area (Å²) in [5.41, 5.74) is 1.17. The van der Waals surface area contributed by atoms with Crippen molar-refractivity contribution in [2.24, 2.45) is 0 Å². The lowest BCUT2D eigenvalue weighted by molar-refractivity contribution is -0.480. The molecule has 0 amide bonds. The number of rotatable bonds is 6. The van der Waals surface area contributed by atoms with Crippen LogP contribution in [0.3, 0.4) is 0 Å². The molecular weight excluding hydrogens is 190 g/mol. The van der Waals surface area contributed by atoms with Crippen LogP contribution in [0.2, 0.25) is 0 Å². The predicted molar refractivity (Wildman–Crippen MR) is 61.2 cm³/mol. The summed E-state index contributed by atoms with van der Waals surface area (Å²) in [7, 11) is 0. The molecule has 1 aromatic rings. The van der Waals surface area contributed by atoms with Crippen molar-refractivity contribution in [3.05, 3.63) is 52.1 Å². The molecule has 3 nitrogen and oxygen atoms in total. The number of benzene rings is 1. The second-order valence-electron chi connectivity index (χ2n) is 3.37. The molecule has 0 aliphatic rings. The molecule has 15 heavy (non-hydrogen) atoms. The molecule has 0 aliphatic heterocycles. The first-order valence-corrected chi connectivity index (χ1v) is 5.12. The molecule has 0 saturated heterocycles. The fraction of sp³-hybridized carbons (Fsp3) is 0.333. The standard InChI is InChI=1S/C12H15NO2/c14-13(15)11-7-2-1-4-8-12-9-5-3-6-10-12/h3-6,8-10H,1-2,7,11H2/b8-4-. The van der Waals surface area contributed by atoms with Crippen molar-refractivity contribution in [2.45, 2.75) is 19.3 Å². The molecule has 0 spiro atoms. The number of hydrogen-bond donors (Lipinski definition) is 0. The number of nitro groups is 1. The Morgan fingerprint density at radius 3 is 2.60 bits per heavy atom. The lowest BCUT2D eigenvalue weighted by atomic mass is 10.1. The molecule has 0 aliphatic carbocycles. The van der Waals surface area contributed by atoms with Crippen LogP contribution in [-0.2, 0) is 0 Å². The van der Waals surface area contributed by atoms with Crippen molar-refractivity contribution in [2.75, 3.05) is 6.54 Å². The zero-order valence-electron chi connectivity index (χ0n) is 8.63. The van der Waals surface area contributed by atoms with Gasteiger partial charge in [0, 0.05) is 11.3 Å². The Labute approximate surface area is 89.6 Å². The number of nitrogens with zero attached hydrogens (tertiary/aromatic N) is 1. The van der Waals surface area contributed by atoms with Crippen molar-refractivity contribution in [1.29, 1.82) is 0 Å². The highest BCUT2D eigenvalue weighted by Gasteiger charge is 1.94. The highest BCUT2D eigenvalue weighted by molar-refractivity contribution is 5.48. The SMILES string of the molecule is O=[N+]([O-])CCCC/C=C\c1ccccc1. The van der Waals surface area contributed by atoms with Gasteiger partial charge in [0.05, 0.1) is 0 Å². The van der Waals surface area contributed by atoms with Gasteiger partial charge in [-0.05, 0) is 18.4 Å². The first-order valence-electron chi connectivity index (χ1n) is 5.12. The molecule has 0 N–H and O–H groups in total. The molecular formula is C12H15NO2. The molecule has 3 heteroatoms. The van der Waals surface area contributed by atoms with E-state index in [1.54, 1.807) is 0 Å². The minimum atomic E-state index is -0.263. The van der Waals surface area contributed by atoms with E-state index < -0.39 is 0 Å². The van der Waals surface area contributed by atoms with Crippen molar-refractivity contribution in [1.82, 2.24) is 0 Å². The van der Waals surface area contributed by atoms with Crippen molar-refractivity contribution < 1.29 is 4.92 Å². The van der Waals surface area contributed by atoms with Crippen LogP contribution in [0.4, 0.5) is 0 Å². The Bertz CT molecular complexity index is 320. The van der Waals surface area contributed by atoms with E-state index in [9.17, 15) is 10.1 Å². The fourth-order valence-electron chi connectivity index (χ4n) is 1.29. The highest BCUT2D eigenvalue weighted by atomic mass is 16.6. The van der Waals surface area contributed by atoms with Gasteiger partial charge in [-0.1, -0.05) is 42.5 Å². The lowest BCUT2D eigenvalue weighted by Crippen LogP contribution is -1.99. The van der Waals surface area contributed by atoms with Crippen molar-refractivity contribution in [3.8, 4) is 0 Å². The monoisotopic (exact) mass is 205 g/mol. The fourth-order valence-corrected chi connectivity index (χ4v) is 1.29. The minimum absolute atomic E-state index is 0.0825. The molecule has 0 heterocycles. The Morgan fingerprint density at radius 1 is 1.20 bits per heavy atom. The molecule has 0 atom stereocenters. The van der Waals surface area contributed by atoms with E-state index in [4.69, 9.17) is 0 Å². The smallest absolute Gasteiger partial charge is 0.203 e. The van der Waals surface area contributed by atoms with Crippen LogP contribution in [0, 0.1) is 10.1 Å². The predicted octanol–water partition coefficient (Wildman–Crippen LogP) is 3.15. The van der Waals surface area contributed by atoms with Crippen LogP contribution >= 0.6 is 0 Å². The van der Waals surface area contributed by atoms with Crippen LogP contribution in [-0.4, -0.2) is 11.5 Å². The molecule has 0 unspecified atom stereocenters. The molecule has 1 rings (SSSR count). The Morgan fingerprint density at radius 2 is 1.93 bits per heavy atom. The first kappa shape index (κ1) is 11.4. The third kappa shape index (κ3) is 5.62.